The lowest BCUT2D eigenvalue weighted by molar-refractivity contribution is -0.176. The molecular weight excluding hydrogens is 406 g/mol. The quantitative estimate of drug-likeness (QED) is 0.609. The van der Waals surface area contributed by atoms with E-state index in [2.05, 4.69) is 60.2 Å². The highest BCUT2D eigenvalue weighted by Crippen LogP contribution is 2.55. The Kier molecular flexibility index (Phi) is 6.85. The first kappa shape index (κ1) is 23.0. The van der Waals surface area contributed by atoms with E-state index >= 15 is 0 Å². The number of amides is 1. The molecule has 1 atom stereocenters. The normalized spacial score (nSPS) is 20.0. The van der Waals surface area contributed by atoms with Crippen LogP contribution in [0, 0.1) is 0 Å². The fraction of sp³-hybridized carbons (Fsp3) is 0.269. The minimum atomic E-state index is -0.866. The van der Waals surface area contributed by atoms with Gasteiger partial charge in [0.15, 0.2) is 0 Å². The van der Waals surface area contributed by atoms with Gasteiger partial charge in [-0.25, -0.2) is 0 Å². The number of likely N-dealkylation sites (tertiary alicyclic amines) is 1. The summed E-state index contributed by atoms with van der Waals surface area (Å²) < 4.78 is 0. The lowest BCUT2D eigenvalue weighted by Crippen LogP contribution is -2.85. The molecule has 1 fully saturated rings. The van der Waals surface area contributed by atoms with Crippen LogP contribution in [0.4, 0.5) is 0 Å². The van der Waals surface area contributed by atoms with Crippen molar-refractivity contribution in [2.45, 2.75) is 24.5 Å². The summed E-state index contributed by atoms with van der Waals surface area (Å²) in [7, 11) is 2.08. The lowest BCUT2D eigenvalue weighted by atomic mass is 9.58. The molecule has 2 N–H and O–H groups in total. The van der Waals surface area contributed by atoms with E-state index in [1.165, 1.54) is 5.56 Å². The Labute approximate surface area is 191 Å². The van der Waals surface area contributed by atoms with Crippen molar-refractivity contribution >= 4 is 18.3 Å². The molecule has 1 amide bonds. The molecule has 3 aromatic rings. The van der Waals surface area contributed by atoms with Gasteiger partial charge in [-0.3, -0.25) is 14.6 Å². The monoisotopic (exact) mass is 435 g/mol. The van der Waals surface area contributed by atoms with Crippen LogP contribution in [0.15, 0.2) is 91.0 Å². The number of nitrogens with zero attached hydrogens (tertiary/aromatic N) is 2. The highest BCUT2D eigenvalue weighted by molar-refractivity contribution is 5.90. The Morgan fingerprint density at radius 3 is 1.74 bits per heavy atom. The summed E-state index contributed by atoms with van der Waals surface area (Å²) in [5, 5.41) is 0. The van der Waals surface area contributed by atoms with Gasteiger partial charge >= 0.3 is 0 Å². The fourth-order valence-corrected chi connectivity index (χ4v) is 5.31. The lowest BCUT2D eigenvalue weighted by Gasteiger charge is -2.67. The molecule has 4 nitrogen and oxygen atoms in total. The number of hydrogen-bond acceptors (Lipinski definition) is 3. The first-order valence-electron chi connectivity index (χ1n) is 10.5. The Morgan fingerprint density at radius 1 is 0.903 bits per heavy atom. The van der Waals surface area contributed by atoms with Crippen LogP contribution < -0.4 is 5.73 Å². The van der Waals surface area contributed by atoms with Crippen molar-refractivity contribution in [1.29, 1.82) is 0 Å². The number of carbonyl (C=O) groups excluding carboxylic acids is 1. The Bertz CT molecular complexity index is 957. The van der Waals surface area contributed by atoms with Crippen molar-refractivity contribution in [2.24, 2.45) is 5.73 Å². The van der Waals surface area contributed by atoms with E-state index < -0.39 is 11.1 Å². The number of primary amides is 1. The van der Waals surface area contributed by atoms with Gasteiger partial charge in [0.1, 0.15) is 11.1 Å². The molecule has 1 aliphatic heterocycles. The van der Waals surface area contributed by atoms with Gasteiger partial charge in [0.25, 0.3) is 0 Å². The summed E-state index contributed by atoms with van der Waals surface area (Å²) in [5.41, 5.74) is 8.07. The smallest absolute Gasteiger partial charge is 0.241 e. The topological polar surface area (TPSA) is 49.6 Å². The maximum atomic E-state index is 13.4. The van der Waals surface area contributed by atoms with Crippen LogP contribution in [0.25, 0.3) is 0 Å². The van der Waals surface area contributed by atoms with Crippen LogP contribution >= 0.6 is 12.4 Å². The van der Waals surface area contributed by atoms with Crippen molar-refractivity contribution in [2.75, 3.05) is 20.1 Å². The summed E-state index contributed by atoms with van der Waals surface area (Å²) in [5.74, 6) is -0.286. The largest absolute Gasteiger partial charge is 0.368 e. The maximum absolute atomic E-state index is 13.4. The summed E-state index contributed by atoms with van der Waals surface area (Å²) in [6.07, 6.45) is 0. The van der Waals surface area contributed by atoms with Crippen LogP contribution in [0.3, 0.4) is 0 Å². The summed E-state index contributed by atoms with van der Waals surface area (Å²) >= 11 is 0. The molecule has 4 rings (SSSR count). The summed E-state index contributed by atoms with van der Waals surface area (Å²) in [6, 6.07) is 30.9. The average Bonchev–Trinajstić information content (AvgIpc) is 2.78. The van der Waals surface area contributed by atoms with E-state index in [0.29, 0.717) is 19.6 Å². The van der Waals surface area contributed by atoms with Crippen molar-refractivity contribution < 1.29 is 4.79 Å². The van der Waals surface area contributed by atoms with E-state index in [-0.39, 0.29) is 18.3 Å². The summed E-state index contributed by atoms with van der Waals surface area (Å²) in [6.45, 7) is 4.06. The van der Waals surface area contributed by atoms with Gasteiger partial charge in [-0.05, 0) is 30.3 Å². The second kappa shape index (κ2) is 9.23. The minimum Gasteiger partial charge on any atom is -0.368 e. The predicted octanol–water partition coefficient (Wildman–Crippen LogP) is 4.04. The van der Waals surface area contributed by atoms with Crippen LogP contribution in [-0.4, -0.2) is 41.4 Å². The summed E-state index contributed by atoms with van der Waals surface area (Å²) in [4.78, 5) is 17.9. The van der Waals surface area contributed by atoms with E-state index in [1.807, 2.05) is 54.6 Å². The van der Waals surface area contributed by atoms with Gasteiger partial charge in [-0.1, -0.05) is 97.9 Å². The number of nitrogens with two attached hydrogens (primary N) is 1. The van der Waals surface area contributed by atoms with Gasteiger partial charge in [-0.15, -0.1) is 12.4 Å². The Balaban J connectivity index is 0.00000272. The number of halogens is 1. The highest BCUT2D eigenvalue weighted by atomic mass is 35.5. The number of hydrogen-bond donors (Lipinski definition) is 1. The van der Waals surface area contributed by atoms with E-state index in [1.54, 1.807) is 0 Å². The van der Waals surface area contributed by atoms with Crippen molar-refractivity contribution in [3.05, 3.63) is 108 Å². The second-order valence-corrected chi connectivity index (χ2v) is 8.02. The standard InChI is InChI=1S/C26H29N3O.ClH/c1-3-29(19-21-13-7-4-8-14-21)25(24(27)30)20-28(2)26(25,22-15-9-5-10-16-22)23-17-11-6-12-18-23;/h4-18H,3,19-20H2,1-2H3,(H2,27,30);1H. The SMILES string of the molecule is CCN(Cc1ccccc1)C1(C(N)=O)CN(C)C1(c1ccccc1)c1ccccc1.Cl. The van der Waals surface area contributed by atoms with Crippen molar-refractivity contribution in [3.63, 3.8) is 0 Å². The molecule has 0 aliphatic carbocycles. The van der Waals surface area contributed by atoms with E-state index in [4.69, 9.17) is 5.73 Å². The van der Waals surface area contributed by atoms with Crippen LogP contribution in [-0.2, 0) is 16.9 Å². The second-order valence-electron chi connectivity index (χ2n) is 8.02. The van der Waals surface area contributed by atoms with Gasteiger partial charge in [0.2, 0.25) is 5.91 Å². The van der Waals surface area contributed by atoms with Gasteiger partial charge in [-0.2, -0.15) is 0 Å². The zero-order chi connectivity index (χ0) is 21.2. The zero-order valence-electron chi connectivity index (χ0n) is 18.1. The molecular formula is C26H30ClN3O. The molecule has 1 heterocycles. The molecule has 0 radical (unpaired) electrons. The van der Waals surface area contributed by atoms with Gasteiger partial charge in [0, 0.05) is 13.1 Å². The molecule has 1 saturated heterocycles. The third-order valence-electron chi connectivity index (χ3n) is 6.57. The number of carbonyl (C=O) groups is 1. The van der Waals surface area contributed by atoms with Crippen LogP contribution in [0.5, 0.6) is 0 Å². The molecule has 0 aromatic heterocycles. The van der Waals surface area contributed by atoms with E-state index in [9.17, 15) is 4.79 Å². The van der Waals surface area contributed by atoms with Crippen LogP contribution in [0.2, 0.25) is 0 Å². The number of benzene rings is 3. The van der Waals surface area contributed by atoms with Gasteiger partial charge in [0.05, 0.1) is 0 Å². The fourth-order valence-electron chi connectivity index (χ4n) is 5.31. The minimum absolute atomic E-state index is 0. The van der Waals surface area contributed by atoms with E-state index in [0.717, 1.165) is 11.1 Å². The highest BCUT2D eigenvalue weighted by Gasteiger charge is 2.70. The molecule has 1 aliphatic rings. The Morgan fingerprint density at radius 2 is 1.35 bits per heavy atom. The van der Waals surface area contributed by atoms with Crippen molar-refractivity contribution in [3.8, 4) is 0 Å². The molecule has 162 valence electrons. The molecule has 0 spiro atoms. The average molecular weight is 436 g/mol. The first-order valence-corrected chi connectivity index (χ1v) is 10.5. The molecule has 0 saturated carbocycles. The molecule has 0 bridgehead atoms. The first-order chi connectivity index (χ1) is 14.6. The molecule has 5 heteroatoms. The number of rotatable bonds is 7. The maximum Gasteiger partial charge on any atom is 0.241 e. The molecule has 1 unspecified atom stereocenters. The molecule has 3 aromatic carbocycles. The zero-order valence-corrected chi connectivity index (χ0v) is 18.9. The number of likely N-dealkylation sites (N-methyl/N-ethyl adjacent to an activating group) is 2. The van der Waals surface area contributed by atoms with Crippen molar-refractivity contribution in [1.82, 2.24) is 9.80 Å². The Hall–Kier alpha value is -2.66. The predicted molar refractivity (Wildman–Crippen MR) is 128 cm³/mol. The third kappa shape index (κ3) is 3.45. The van der Waals surface area contributed by atoms with Gasteiger partial charge < -0.3 is 5.73 Å². The third-order valence-corrected chi connectivity index (χ3v) is 6.57. The molecule has 31 heavy (non-hydrogen) atoms. The van der Waals surface area contributed by atoms with Crippen LogP contribution in [0.1, 0.15) is 23.6 Å².